The summed E-state index contributed by atoms with van der Waals surface area (Å²) in [4.78, 5) is 10.6. The zero-order valence-corrected chi connectivity index (χ0v) is 6.16. The van der Waals surface area contributed by atoms with Crippen LogP contribution < -0.4 is 0 Å². The molecular formula is C7H9F3O. The first-order valence-corrected chi connectivity index (χ1v) is 3.48. The monoisotopic (exact) mass is 166 g/mol. The van der Waals surface area contributed by atoms with Crippen molar-refractivity contribution in [1.29, 1.82) is 0 Å². The maximum Gasteiger partial charge on any atom is 0.308 e. The fourth-order valence-corrected chi connectivity index (χ4v) is 1.25. The van der Waals surface area contributed by atoms with Gasteiger partial charge in [-0.25, -0.2) is 4.39 Å². The van der Waals surface area contributed by atoms with Gasteiger partial charge in [-0.2, -0.15) is 8.78 Å². The minimum atomic E-state index is -3.44. The summed E-state index contributed by atoms with van der Waals surface area (Å²) in [7, 11) is 0. The molecule has 1 rings (SSSR count). The molecule has 4 heteroatoms. The van der Waals surface area contributed by atoms with E-state index in [0.717, 1.165) is 6.92 Å². The number of rotatable bonds is 0. The van der Waals surface area contributed by atoms with Crippen molar-refractivity contribution in [2.75, 3.05) is 0 Å². The van der Waals surface area contributed by atoms with Crippen LogP contribution in [0.5, 0.6) is 0 Å². The van der Waals surface area contributed by atoms with Gasteiger partial charge in [-0.1, -0.05) is 0 Å². The van der Waals surface area contributed by atoms with Gasteiger partial charge >= 0.3 is 5.92 Å². The molecule has 1 fully saturated rings. The Balaban J connectivity index is 2.85. The Kier molecular flexibility index (Phi) is 1.73. The van der Waals surface area contributed by atoms with Crippen molar-refractivity contribution >= 4 is 5.78 Å². The highest BCUT2D eigenvalue weighted by Gasteiger charge is 2.52. The molecule has 0 amide bonds. The van der Waals surface area contributed by atoms with E-state index in [9.17, 15) is 18.0 Å². The largest absolute Gasteiger partial charge is 0.308 e. The number of alkyl halides is 3. The lowest BCUT2D eigenvalue weighted by Gasteiger charge is -2.29. The standard InChI is InChI=1S/C7H9F3O/c1-6(8)3-2-4-7(9,10)5(6)11/h2-4H2,1H3. The molecule has 1 nitrogen and oxygen atoms in total. The Morgan fingerprint density at radius 3 is 2.18 bits per heavy atom. The summed E-state index contributed by atoms with van der Waals surface area (Å²) in [5, 5.41) is 0. The second kappa shape index (κ2) is 2.22. The molecule has 0 N–H and O–H groups in total. The smallest absolute Gasteiger partial charge is 0.289 e. The van der Waals surface area contributed by atoms with Crippen molar-refractivity contribution in [3.8, 4) is 0 Å². The molecule has 0 saturated heterocycles. The van der Waals surface area contributed by atoms with E-state index in [0.29, 0.717) is 0 Å². The molecule has 0 radical (unpaired) electrons. The van der Waals surface area contributed by atoms with E-state index in [4.69, 9.17) is 0 Å². The second-order valence-electron chi connectivity index (χ2n) is 3.08. The molecular weight excluding hydrogens is 157 g/mol. The van der Waals surface area contributed by atoms with Gasteiger partial charge in [-0.05, 0) is 19.8 Å². The predicted molar refractivity (Wildman–Crippen MR) is 33.3 cm³/mol. The summed E-state index contributed by atoms with van der Waals surface area (Å²) in [5.41, 5.74) is -2.32. The maximum absolute atomic E-state index is 12.9. The van der Waals surface area contributed by atoms with E-state index in [1.54, 1.807) is 0 Å². The fourth-order valence-electron chi connectivity index (χ4n) is 1.25. The number of ketones is 1. The van der Waals surface area contributed by atoms with Gasteiger partial charge in [-0.3, -0.25) is 4.79 Å². The SMILES string of the molecule is CC1(F)CCCC(F)(F)C1=O. The van der Waals surface area contributed by atoms with Crippen molar-refractivity contribution in [3.05, 3.63) is 0 Å². The molecule has 1 aliphatic carbocycles. The third kappa shape index (κ3) is 1.39. The minimum absolute atomic E-state index is 0.0751. The van der Waals surface area contributed by atoms with E-state index in [1.807, 2.05) is 0 Å². The highest BCUT2D eigenvalue weighted by molar-refractivity contribution is 5.93. The zero-order valence-electron chi connectivity index (χ0n) is 6.16. The van der Waals surface area contributed by atoms with Crippen LogP contribution in [-0.2, 0) is 4.79 Å². The van der Waals surface area contributed by atoms with Crippen molar-refractivity contribution < 1.29 is 18.0 Å². The molecule has 1 unspecified atom stereocenters. The van der Waals surface area contributed by atoms with Crippen LogP contribution in [0.15, 0.2) is 0 Å². The number of carbonyl (C=O) groups is 1. The van der Waals surface area contributed by atoms with Gasteiger partial charge < -0.3 is 0 Å². The molecule has 0 aliphatic heterocycles. The van der Waals surface area contributed by atoms with Crippen LogP contribution >= 0.6 is 0 Å². The molecule has 0 bridgehead atoms. The molecule has 0 heterocycles. The van der Waals surface area contributed by atoms with E-state index in [-0.39, 0.29) is 12.8 Å². The highest BCUT2D eigenvalue weighted by atomic mass is 19.3. The Labute approximate surface area is 62.6 Å². The number of hydrogen-bond acceptors (Lipinski definition) is 1. The Morgan fingerprint density at radius 2 is 1.82 bits per heavy atom. The molecule has 1 saturated carbocycles. The van der Waals surface area contributed by atoms with Gasteiger partial charge in [0.25, 0.3) is 0 Å². The number of carbonyl (C=O) groups excluding carboxylic acids is 1. The Morgan fingerprint density at radius 1 is 1.27 bits per heavy atom. The van der Waals surface area contributed by atoms with Gasteiger partial charge in [0.1, 0.15) is 0 Å². The normalized spacial score (nSPS) is 37.3. The van der Waals surface area contributed by atoms with Crippen LogP contribution in [0, 0.1) is 0 Å². The molecule has 64 valence electrons. The molecule has 0 aromatic heterocycles. The van der Waals surface area contributed by atoms with Crippen LogP contribution in [0.25, 0.3) is 0 Å². The van der Waals surface area contributed by atoms with Crippen LogP contribution in [0.4, 0.5) is 13.2 Å². The molecule has 11 heavy (non-hydrogen) atoms. The third-order valence-electron chi connectivity index (χ3n) is 1.94. The number of halogens is 3. The molecule has 0 aromatic rings. The van der Waals surface area contributed by atoms with E-state index < -0.39 is 23.8 Å². The van der Waals surface area contributed by atoms with Crippen LogP contribution in [-0.4, -0.2) is 17.4 Å². The van der Waals surface area contributed by atoms with Gasteiger partial charge in [0, 0.05) is 6.42 Å². The lowest BCUT2D eigenvalue weighted by atomic mass is 9.84. The van der Waals surface area contributed by atoms with Crippen molar-refractivity contribution in [2.24, 2.45) is 0 Å². The van der Waals surface area contributed by atoms with Gasteiger partial charge in [0.15, 0.2) is 5.67 Å². The molecule has 0 aromatic carbocycles. The molecule has 0 spiro atoms. The first kappa shape index (κ1) is 8.56. The summed E-state index contributed by atoms with van der Waals surface area (Å²) in [5.74, 6) is -5.00. The number of hydrogen-bond donors (Lipinski definition) is 0. The topological polar surface area (TPSA) is 17.1 Å². The predicted octanol–water partition coefficient (Wildman–Crippen LogP) is 2.10. The van der Waals surface area contributed by atoms with E-state index >= 15 is 0 Å². The van der Waals surface area contributed by atoms with Crippen LogP contribution in [0.3, 0.4) is 0 Å². The zero-order chi connectivity index (χ0) is 8.70. The van der Waals surface area contributed by atoms with Crippen LogP contribution in [0.2, 0.25) is 0 Å². The first-order valence-electron chi connectivity index (χ1n) is 3.48. The summed E-state index contributed by atoms with van der Waals surface area (Å²) in [6.07, 6.45) is -0.515. The average molecular weight is 166 g/mol. The van der Waals surface area contributed by atoms with Crippen LogP contribution in [0.1, 0.15) is 26.2 Å². The summed E-state index contributed by atoms with van der Waals surface area (Å²) >= 11 is 0. The first-order chi connectivity index (χ1) is 4.86. The highest BCUT2D eigenvalue weighted by Crippen LogP contribution is 2.37. The Bertz CT molecular complexity index is 168. The van der Waals surface area contributed by atoms with Crippen molar-refractivity contribution in [2.45, 2.75) is 37.8 Å². The minimum Gasteiger partial charge on any atom is -0.289 e. The lowest BCUT2D eigenvalue weighted by Crippen LogP contribution is -2.47. The van der Waals surface area contributed by atoms with Gasteiger partial charge in [0.05, 0.1) is 0 Å². The lowest BCUT2D eigenvalue weighted by molar-refractivity contribution is -0.162. The maximum atomic E-state index is 12.9. The van der Waals surface area contributed by atoms with E-state index in [2.05, 4.69) is 0 Å². The fraction of sp³-hybridized carbons (Fsp3) is 0.857. The summed E-state index contributed by atoms with van der Waals surface area (Å²) < 4.78 is 37.9. The summed E-state index contributed by atoms with van der Waals surface area (Å²) in [6, 6.07) is 0. The summed E-state index contributed by atoms with van der Waals surface area (Å²) in [6.45, 7) is 0.919. The molecule has 1 atom stereocenters. The van der Waals surface area contributed by atoms with Gasteiger partial charge in [-0.15, -0.1) is 0 Å². The quantitative estimate of drug-likeness (QED) is 0.538. The number of Topliss-reactive ketones (excluding diaryl/α,β-unsaturated/α-hetero) is 1. The second-order valence-corrected chi connectivity index (χ2v) is 3.08. The van der Waals surface area contributed by atoms with Crippen molar-refractivity contribution in [3.63, 3.8) is 0 Å². The van der Waals surface area contributed by atoms with E-state index in [1.165, 1.54) is 0 Å². The van der Waals surface area contributed by atoms with Gasteiger partial charge in [0.2, 0.25) is 5.78 Å². The molecule has 1 aliphatic rings. The van der Waals surface area contributed by atoms with Crippen molar-refractivity contribution in [1.82, 2.24) is 0 Å². The Hall–Kier alpha value is -0.540. The average Bonchev–Trinajstić information content (AvgIpc) is 1.82. The third-order valence-corrected chi connectivity index (χ3v) is 1.94.